The predicted octanol–water partition coefficient (Wildman–Crippen LogP) is 1.54. The number of nitrogens with one attached hydrogen (secondary N) is 1. The largest absolute Gasteiger partial charge is 0.493 e. The molecule has 1 unspecified atom stereocenters. The second kappa shape index (κ2) is 9.90. The lowest BCUT2D eigenvalue weighted by Crippen LogP contribution is -2.49. The summed E-state index contributed by atoms with van der Waals surface area (Å²) in [6.45, 7) is 7.19. The Morgan fingerprint density at radius 2 is 2.00 bits per heavy atom. The van der Waals surface area contributed by atoms with E-state index in [1.807, 2.05) is 0 Å². The number of amides is 1. The Labute approximate surface area is 170 Å². The lowest BCUT2D eigenvalue weighted by molar-refractivity contribution is -0.385. The van der Waals surface area contributed by atoms with Crippen molar-refractivity contribution in [3.05, 3.63) is 27.8 Å². The van der Waals surface area contributed by atoms with Crippen molar-refractivity contribution in [1.82, 2.24) is 15.1 Å². The van der Waals surface area contributed by atoms with E-state index in [0.29, 0.717) is 31.5 Å². The summed E-state index contributed by atoms with van der Waals surface area (Å²) in [5, 5.41) is 14.8. The third-order valence-electron chi connectivity index (χ3n) is 5.13. The Bertz CT molecular complexity index is 711. The van der Waals surface area contributed by atoms with Crippen LogP contribution in [0.5, 0.6) is 11.5 Å². The van der Waals surface area contributed by atoms with E-state index in [-0.39, 0.29) is 35.3 Å². The number of nitrogens with zero attached hydrogens (tertiary/aromatic N) is 3. The molecule has 1 aromatic carbocycles. The number of benzene rings is 1. The number of methoxy groups -OCH3 is 1. The maximum absolute atomic E-state index is 13.1. The van der Waals surface area contributed by atoms with Crippen LogP contribution < -0.4 is 14.8 Å². The standard InChI is InChI=1S/C18H26N4O5.ClH/c1-3-27-17-10-14(15(22(24)25)11-16(17)26-2)18(23)21-7-4-13(12-21)20-8-5-19-6-9-20;/h10-11,13,19H,3-9,12H2,1-2H3;1H. The van der Waals surface area contributed by atoms with Crippen LogP contribution in [0.25, 0.3) is 0 Å². The normalized spacial score (nSPS) is 19.8. The molecule has 2 heterocycles. The van der Waals surface area contributed by atoms with Gasteiger partial charge in [0.1, 0.15) is 5.56 Å². The molecular formula is C18H27ClN4O5. The molecule has 2 fully saturated rings. The number of hydrogen-bond donors (Lipinski definition) is 1. The monoisotopic (exact) mass is 414 g/mol. The Balaban J connectivity index is 0.00000280. The van der Waals surface area contributed by atoms with Crippen LogP contribution in [0.3, 0.4) is 0 Å². The zero-order valence-electron chi connectivity index (χ0n) is 16.2. The van der Waals surface area contributed by atoms with Crippen LogP contribution in [0.2, 0.25) is 0 Å². The number of nitro benzene ring substituents is 1. The van der Waals surface area contributed by atoms with E-state index in [9.17, 15) is 14.9 Å². The molecule has 0 saturated carbocycles. The topological polar surface area (TPSA) is 97.2 Å². The highest BCUT2D eigenvalue weighted by Gasteiger charge is 2.34. The summed E-state index contributed by atoms with van der Waals surface area (Å²) in [5.74, 6) is 0.259. The van der Waals surface area contributed by atoms with Crippen molar-refractivity contribution in [2.24, 2.45) is 0 Å². The first-order valence-electron chi connectivity index (χ1n) is 9.28. The molecule has 1 atom stereocenters. The third-order valence-corrected chi connectivity index (χ3v) is 5.13. The number of rotatable bonds is 6. The smallest absolute Gasteiger partial charge is 0.286 e. The Morgan fingerprint density at radius 3 is 2.61 bits per heavy atom. The van der Waals surface area contributed by atoms with E-state index in [2.05, 4.69) is 10.2 Å². The number of piperazine rings is 1. The van der Waals surface area contributed by atoms with Crippen LogP contribution >= 0.6 is 12.4 Å². The Hall–Kier alpha value is -2.10. The van der Waals surface area contributed by atoms with Gasteiger partial charge in [-0.1, -0.05) is 0 Å². The molecule has 0 bridgehead atoms. The molecule has 1 aromatic rings. The summed E-state index contributed by atoms with van der Waals surface area (Å²) in [4.78, 5) is 28.1. The van der Waals surface area contributed by atoms with Gasteiger partial charge in [-0.3, -0.25) is 19.8 Å². The number of hydrogen-bond acceptors (Lipinski definition) is 7. The predicted molar refractivity (Wildman–Crippen MR) is 107 cm³/mol. The van der Waals surface area contributed by atoms with Gasteiger partial charge in [-0.15, -0.1) is 12.4 Å². The van der Waals surface area contributed by atoms with Crippen molar-refractivity contribution in [3.63, 3.8) is 0 Å². The van der Waals surface area contributed by atoms with Gasteiger partial charge in [-0.25, -0.2) is 0 Å². The molecule has 0 spiro atoms. The van der Waals surface area contributed by atoms with Gasteiger partial charge in [0.15, 0.2) is 11.5 Å². The molecule has 1 N–H and O–H groups in total. The second-order valence-corrected chi connectivity index (χ2v) is 6.69. The van der Waals surface area contributed by atoms with Crippen molar-refractivity contribution in [2.45, 2.75) is 19.4 Å². The number of halogens is 1. The Morgan fingerprint density at radius 1 is 1.29 bits per heavy atom. The minimum Gasteiger partial charge on any atom is -0.493 e. The van der Waals surface area contributed by atoms with Crippen molar-refractivity contribution in [2.75, 3.05) is 53.0 Å². The first-order valence-corrected chi connectivity index (χ1v) is 9.28. The average Bonchev–Trinajstić information content (AvgIpc) is 3.18. The van der Waals surface area contributed by atoms with E-state index in [1.165, 1.54) is 19.2 Å². The number of ether oxygens (including phenoxy) is 2. The van der Waals surface area contributed by atoms with Crippen LogP contribution in [0.15, 0.2) is 12.1 Å². The number of likely N-dealkylation sites (tertiary alicyclic amines) is 1. The fourth-order valence-corrected chi connectivity index (χ4v) is 3.74. The highest BCUT2D eigenvalue weighted by Crippen LogP contribution is 2.36. The summed E-state index contributed by atoms with van der Waals surface area (Å²) in [6, 6.07) is 3.00. The van der Waals surface area contributed by atoms with Crippen LogP contribution in [-0.4, -0.2) is 79.7 Å². The van der Waals surface area contributed by atoms with Crippen molar-refractivity contribution < 1.29 is 19.2 Å². The van der Waals surface area contributed by atoms with Gasteiger partial charge in [0.05, 0.1) is 24.7 Å². The molecule has 10 heteroatoms. The molecule has 9 nitrogen and oxygen atoms in total. The Kier molecular flexibility index (Phi) is 7.85. The van der Waals surface area contributed by atoms with Crippen LogP contribution in [0.1, 0.15) is 23.7 Å². The molecule has 2 aliphatic rings. The number of nitro groups is 1. The highest BCUT2D eigenvalue weighted by molar-refractivity contribution is 5.99. The SMILES string of the molecule is CCOc1cc(C(=O)N2CCC(N3CCNCC3)C2)c([N+](=O)[O-])cc1OC.Cl. The minimum absolute atomic E-state index is 0. The van der Waals surface area contributed by atoms with Gasteiger partial charge < -0.3 is 19.7 Å². The molecule has 156 valence electrons. The zero-order chi connectivity index (χ0) is 19.4. The molecule has 0 radical (unpaired) electrons. The quantitative estimate of drug-likeness (QED) is 0.557. The fourth-order valence-electron chi connectivity index (χ4n) is 3.74. The highest BCUT2D eigenvalue weighted by atomic mass is 35.5. The second-order valence-electron chi connectivity index (χ2n) is 6.69. The van der Waals surface area contributed by atoms with E-state index < -0.39 is 4.92 Å². The number of carbonyl (C=O) groups excluding carboxylic acids is 1. The average molecular weight is 415 g/mol. The summed E-state index contributed by atoms with van der Waals surface area (Å²) < 4.78 is 10.7. The van der Waals surface area contributed by atoms with Crippen molar-refractivity contribution in [1.29, 1.82) is 0 Å². The molecule has 2 aliphatic heterocycles. The van der Waals surface area contributed by atoms with Crippen molar-refractivity contribution >= 4 is 24.0 Å². The fraction of sp³-hybridized carbons (Fsp3) is 0.611. The lowest BCUT2D eigenvalue weighted by Gasteiger charge is -2.32. The van der Waals surface area contributed by atoms with Gasteiger partial charge in [0.25, 0.3) is 11.6 Å². The van der Waals surface area contributed by atoms with Gasteiger partial charge in [0, 0.05) is 51.4 Å². The van der Waals surface area contributed by atoms with Gasteiger partial charge in [-0.2, -0.15) is 0 Å². The van der Waals surface area contributed by atoms with Gasteiger partial charge >= 0.3 is 0 Å². The van der Waals surface area contributed by atoms with E-state index in [4.69, 9.17) is 9.47 Å². The molecular weight excluding hydrogens is 388 g/mol. The van der Waals surface area contributed by atoms with Gasteiger partial charge in [0.2, 0.25) is 0 Å². The molecule has 0 aliphatic carbocycles. The summed E-state index contributed by atoms with van der Waals surface area (Å²) in [7, 11) is 1.42. The van der Waals surface area contributed by atoms with E-state index in [0.717, 1.165) is 32.6 Å². The summed E-state index contributed by atoms with van der Waals surface area (Å²) >= 11 is 0. The molecule has 0 aromatic heterocycles. The maximum atomic E-state index is 13.1. The summed E-state index contributed by atoms with van der Waals surface area (Å²) in [5.41, 5.74) is -0.212. The summed E-state index contributed by atoms with van der Waals surface area (Å²) in [6.07, 6.45) is 0.883. The van der Waals surface area contributed by atoms with Gasteiger partial charge in [-0.05, 0) is 13.3 Å². The first-order chi connectivity index (χ1) is 13.0. The maximum Gasteiger partial charge on any atom is 0.286 e. The lowest BCUT2D eigenvalue weighted by atomic mass is 10.1. The van der Waals surface area contributed by atoms with Crippen LogP contribution in [0, 0.1) is 10.1 Å². The van der Waals surface area contributed by atoms with Crippen LogP contribution in [-0.2, 0) is 0 Å². The van der Waals surface area contributed by atoms with E-state index in [1.54, 1.807) is 11.8 Å². The zero-order valence-corrected chi connectivity index (χ0v) is 17.0. The number of carbonyl (C=O) groups is 1. The molecule has 28 heavy (non-hydrogen) atoms. The third kappa shape index (κ3) is 4.65. The van der Waals surface area contributed by atoms with E-state index >= 15 is 0 Å². The minimum atomic E-state index is -0.546. The van der Waals surface area contributed by atoms with Crippen LogP contribution in [0.4, 0.5) is 5.69 Å². The first kappa shape index (κ1) is 22.2. The van der Waals surface area contributed by atoms with Crippen molar-refractivity contribution in [3.8, 4) is 11.5 Å². The molecule has 3 rings (SSSR count). The molecule has 1 amide bonds. The molecule has 2 saturated heterocycles.